The summed E-state index contributed by atoms with van der Waals surface area (Å²) in [4.78, 5) is 13.4. The minimum Gasteiger partial charge on any atom is -0.505 e. The Morgan fingerprint density at radius 3 is 2.44 bits per heavy atom. The molecule has 1 aliphatic carbocycles. The van der Waals surface area contributed by atoms with Crippen LogP contribution in [0.1, 0.15) is 18.4 Å². The second-order valence-electron chi connectivity index (χ2n) is 3.62. The maximum atomic E-state index is 13.5. The van der Waals surface area contributed by atoms with E-state index in [2.05, 4.69) is 4.99 Å². The normalized spacial score (nSPS) is 16.7. The van der Waals surface area contributed by atoms with Crippen molar-refractivity contribution in [1.29, 1.82) is 0 Å². The van der Waals surface area contributed by atoms with E-state index in [-0.39, 0.29) is 12.8 Å². The summed E-state index contributed by atoms with van der Waals surface area (Å²) in [5.74, 6) is -5.08. The van der Waals surface area contributed by atoms with E-state index in [1.54, 1.807) is 0 Å². The molecule has 1 fully saturated rings. The molecule has 0 atom stereocenters. The average Bonchev–Trinajstić information content (AvgIpc) is 2.97. The van der Waals surface area contributed by atoms with Crippen molar-refractivity contribution >= 4 is 6.08 Å². The lowest BCUT2D eigenvalue weighted by Crippen LogP contribution is -2.11. The van der Waals surface area contributed by atoms with E-state index in [9.17, 15) is 18.0 Å². The Hall–Kier alpha value is -1.81. The fourth-order valence-electron chi connectivity index (χ4n) is 1.62. The highest BCUT2D eigenvalue weighted by Gasteiger charge is 2.50. The molecule has 6 heteroatoms. The van der Waals surface area contributed by atoms with Crippen molar-refractivity contribution in [1.82, 2.24) is 0 Å². The van der Waals surface area contributed by atoms with Crippen LogP contribution < -0.4 is 0 Å². The van der Waals surface area contributed by atoms with Crippen LogP contribution in [0.5, 0.6) is 5.75 Å². The van der Waals surface area contributed by atoms with Gasteiger partial charge in [0.25, 0.3) is 0 Å². The summed E-state index contributed by atoms with van der Waals surface area (Å²) in [5, 5.41) is 9.04. The summed E-state index contributed by atoms with van der Waals surface area (Å²) < 4.78 is 39.8. The average molecular weight is 229 g/mol. The molecule has 1 N–H and O–H groups in total. The molecular formula is C10H6F3NO2. The van der Waals surface area contributed by atoms with Gasteiger partial charge in [-0.2, -0.15) is 4.99 Å². The van der Waals surface area contributed by atoms with Gasteiger partial charge < -0.3 is 5.11 Å². The summed E-state index contributed by atoms with van der Waals surface area (Å²) in [6.45, 7) is 0. The van der Waals surface area contributed by atoms with Gasteiger partial charge in [-0.3, -0.25) is 0 Å². The van der Waals surface area contributed by atoms with Gasteiger partial charge in [-0.15, -0.1) is 0 Å². The molecule has 1 aliphatic rings. The summed E-state index contributed by atoms with van der Waals surface area (Å²) in [6.07, 6.45) is 1.64. The van der Waals surface area contributed by atoms with Crippen LogP contribution in [0, 0.1) is 17.5 Å². The number of halogens is 3. The molecule has 0 bridgehead atoms. The number of phenols is 1. The molecule has 1 saturated carbocycles. The molecule has 0 aliphatic heterocycles. The Bertz CT molecular complexity index is 479. The van der Waals surface area contributed by atoms with E-state index in [4.69, 9.17) is 5.11 Å². The molecule has 0 radical (unpaired) electrons. The van der Waals surface area contributed by atoms with Gasteiger partial charge in [0.1, 0.15) is 5.54 Å². The SMILES string of the molecule is O=C=NC1(c2c(F)c(O)cc(F)c2F)CC1. The van der Waals surface area contributed by atoms with Gasteiger partial charge in [0.15, 0.2) is 23.2 Å². The third-order valence-electron chi connectivity index (χ3n) is 2.59. The molecule has 2 rings (SSSR count). The van der Waals surface area contributed by atoms with Crippen molar-refractivity contribution in [2.75, 3.05) is 0 Å². The minimum atomic E-state index is -1.42. The summed E-state index contributed by atoms with van der Waals surface area (Å²) in [6, 6.07) is 0.342. The van der Waals surface area contributed by atoms with Crippen molar-refractivity contribution < 1.29 is 23.1 Å². The minimum absolute atomic E-state index is 0.221. The Balaban J connectivity index is 2.69. The molecule has 0 unspecified atom stereocenters. The van der Waals surface area contributed by atoms with E-state index >= 15 is 0 Å². The number of hydrogen-bond acceptors (Lipinski definition) is 3. The zero-order valence-corrected chi connectivity index (χ0v) is 7.93. The molecule has 0 aromatic heterocycles. The molecule has 0 saturated heterocycles. The van der Waals surface area contributed by atoms with Crippen molar-refractivity contribution in [3.05, 3.63) is 29.1 Å². The lowest BCUT2D eigenvalue weighted by molar-refractivity contribution is 0.396. The largest absolute Gasteiger partial charge is 0.505 e. The smallest absolute Gasteiger partial charge is 0.235 e. The molecule has 0 amide bonds. The van der Waals surface area contributed by atoms with Crippen LogP contribution in [-0.2, 0) is 10.3 Å². The monoisotopic (exact) mass is 229 g/mol. The number of aliphatic imine (C=N–C) groups is 1. The number of benzene rings is 1. The lowest BCUT2D eigenvalue weighted by atomic mass is 10.0. The fourth-order valence-corrected chi connectivity index (χ4v) is 1.62. The number of nitrogens with zero attached hydrogens (tertiary/aromatic N) is 1. The van der Waals surface area contributed by atoms with Crippen LogP contribution in [-0.4, -0.2) is 11.2 Å². The molecule has 1 aromatic rings. The predicted octanol–water partition coefficient (Wildman–Crippen LogP) is 2.13. The van der Waals surface area contributed by atoms with E-state index < -0.39 is 34.3 Å². The Morgan fingerprint density at radius 2 is 1.94 bits per heavy atom. The first-order chi connectivity index (χ1) is 7.52. The number of aromatic hydroxyl groups is 1. The highest BCUT2D eigenvalue weighted by atomic mass is 19.2. The topological polar surface area (TPSA) is 49.7 Å². The van der Waals surface area contributed by atoms with Gasteiger partial charge in [0.05, 0.1) is 5.56 Å². The molecule has 84 valence electrons. The zero-order chi connectivity index (χ0) is 11.9. The van der Waals surface area contributed by atoms with Gasteiger partial charge in [-0.05, 0) is 12.8 Å². The van der Waals surface area contributed by atoms with E-state index in [0.29, 0.717) is 6.07 Å². The van der Waals surface area contributed by atoms with Crippen LogP contribution in [0.25, 0.3) is 0 Å². The molecule has 0 heterocycles. The second-order valence-corrected chi connectivity index (χ2v) is 3.62. The van der Waals surface area contributed by atoms with Crippen molar-refractivity contribution in [2.45, 2.75) is 18.4 Å². The summed E-state index contributed by atoms with van der Waals surface area (Å²) in [5.41, 5.74) is -2.09. The number of rotatable bonds is 2. The fraction of sp³-hybridized carbons (Fsp3) is 0.300. The Morgan fingerprint density at radius 1 is 1.31 bits per heavy atom. The first kappa shape index (κ1) is 10.7. The number of isocyanates is 1. The van der Waals surface area contributed by atoms with Crippen molar-refractivity contribution in [3.63, 3.8) is 0 Å². The van der Waals surface area contributed by atoms with Crippen molar-refractivity contribution in [3.8, 4) is 5.75 Å². The van der Waals surface area contributed by atoms with Gasteiger partial charge in [-0.1, -0.05) is 0 Å². The predicted molar refractivity (Wildman–Crippen MR) is 47.0 cm³/mol. The van der Waals surface area contributed by atoms with Gasteiger partial charge in [-0.25, -0.2) is 18.0 Å². The van der Waals surface area contributed by atoms with Gasteiger partial charge in [0, 0.05) is 6.07 Å². The second kappa shape index (κ2) is 3.35. The lowest BCUT2D eigenvalue weighted by Gasteiger charge is -2.12. The quantitative estimate of drug-likeness (QED) is 0.479. The van der Waals surface area contributed by atoms with Crippen LogP contribution in [0.15, 0.2) is 11.1 Å². The highest BCUT2D eigenvalue weighted by molar-refractivity contribution is 5.45. The molecule has 3 nitrogen and oxygen atoms in total. The van der Waals surface area contributed by atoms with Crippen LogP contribution >= 0.6 is 0 Å². The maximum Gasteiger partial charge on any atom is 0.235 e. The van der Waals surface area contributed by atoms with E-state index in [0.717, 1.165) is 0 Å². The van der Waals surface area contributed by atoms with E-state index in [1.165, 1.54) is 6.08 Å². The third kappa shape index (κ3) is 1.39. The number of phenolic OH excluding ortho intramolecular Hbond substituents is 1. The van der Waals surface area contributed by atoms with Gasteiger partial charge in [0.2, 0.25) is 6.08 Å². The van der Waals surface area contributed by atoms with Crippen molar-refractivity contribution in [2.24, 2.45) is 4.99 Å². The standard InChI is InChI=1S/C10H6F3NO2/c11-5-3-6(16)9(13)7(8(5)12)10(1-2-10)14-4-15/h3,16H,1-2H2. The number of carbonyl (C=O) groups excluding carboxylic acids is 1. The van der Waals surface area contributed by atoms with Crippen LogP contribution in [0.2, 0.25) is 0 Å². The Kier molecular flexibility index (Phi) is 2.24. The number of hydrogen-bond donors (Lipinski definition) is 1. The zero-order valence-electron chi connectivity index (χ0n) is 7.93. The highest BCUT2D eigenvalue weighted by Crippen LogP contribution is 2.52. The molecule has 0 spiro atoms. The maximum absolute atomic E-state index is 13.5. The molecular weight excluding hydrogens is 223 g/mol. The summed E-state index contributed by atoms with van der Waals surface area (Å²) >= 11 is 0. The first-order valence-corrected chi connectivity index (χ1v) is 4.48. The molecule has 16 heavy (non-hydrogen) atoms. The first-order valence-electron chi connectivity index (χ1n) is 4.48. The van der Waals surface area contributed by atoms with Crippen LogP contribution in [0.3, 0.4) is 0 Å². The van der Waals surface area contributed by atoms with Crippen LogP contribution in [0.4, 0.5) is 13.2 Å². The third-order valence-corrected chi connectivity index (χ3v) is 2.59. The Labute approximate surface area is 88.2 Å². The summed E-state index contributed by atoms with van der Waals surface area (Å²) in [7, 11) is 0. The molecule has 1 aromatic carbocycles. The van der Waals surface area contributed by atoms with Gasteiger partial charge >= 0.3 is 0 Å². The van der Waals surface area contributed by atoms with E-state index in [1.807, 2.05) is 0 Å².